The van der Waals surface area contributed by atoms with Crippen molar-refractivity contribution in [3.05, 3.63) is 48.3 Å². The van der Waals surface area contributed by atoms with E-state index in [1.807, 2.05) is 18.6 Å². The van der Waals surface area contributed by atoms with Crippen molar-refractivity contribution in [2.75, 3.05) is 0 Å². The average Bonchev–Trinajstić information content (AvgIpc) is 3.51. The number of benzene rings is 1. The maximum Gasteiger partial charge on any atom is 0.408 e. The first kappa shape index (κ1) is 22.7. The van der Waals surface area contributed by atoms with Crippen LogP contribution in [-0.2, 0) is 16.6 Å². The summed E-state index contributed by atoms with van der Waals surface area (Å²) in [6.07, 6.45) is -0.291. The minimum absolute atomic E-state index is 0.00165. The molecule has 2 aromatic heterocycles. The van der Waals surface area contributed by atoms with Gasteiger partial charge in [-0.1, -0.05) is 13.8 Å². The van der Waals surface area contributed by atoms with Gasteiger partial charge in [0.05, 0.1) is 10.9 Å². The van der Waals surface area contributed by atoms with Crippen molar-refractivity contribution in [2.24, 2.45) is 5.92 Å². The normalized spacial score (nSPS) is 16.1. The Labute approximate surface area is 182 Å². The third-order valence-corrected chi connectivity index (χ3v) is 7.22. The molecule has 2 heterocycles. The smallest absolute Gasteiger partial charge is 0.347 e. The first-order valence-corrected chi connectivity index (χ1v) is 11.7. The summed E-state index contributed by atoms with van der Waals surface area (Å²) >= 11 is 0. The Kier molecular flexibility index (Phi) is 5.74. The summed E-state index contributed by atoms with van der Waals surface area (Å²) in [5.74, 6) is -0.677. The third kappa shape index (κ3) is 4.49. The molecule has 11 heteroatoms. The molecule has 1 aliphatic rings. The highest BCUT2D eigenvalue weighted by Gasteiger charge is 2.47. The van der Waals surface area contributed by atoms with Crippen molar-refractivity contribution in [3.63, 3.8) is 0 Å². The van der Waals surface area contributed by atoms with Crippen LogP contribution in [0.15, 0.2) is 36.9 Å². The second kappa shape index (κ2) is 8.11. The molecule has 1 aromatic carbocycles. The Morgan fingerprint density at radius 3 is 2.53 bits per heavy atom. The zero-order chi connectivity index (χ0) is 23.3. The molecule has 3 aromatic rings. The largest absolute Gasteiger partial charge is 0.408 e. The molecule has 1 saturated carbocycles. The third-order valence-electron chi connectivity index (χ3n) is 5.30. The topological polar surface area (TPSA) is 76.9 Å². The van der Waals surface area contributed by atoms with Crippen molar-refractivity contribution in [2.45, 2.75) is 50.7 Å². The minimum atomic E-state index is -4.90. The van der Waals surface area contributed by atoms with Crippen molar-refractivity contribution >= 4 is 20.9 Å². The van der Waals surface area contributed by atoms with Gasteiger partial charge in [0.1, 0.15) is 18.2 Å². The lowest BCUT2D eigenvalue weighted by Crippen LogP contribution is -2.39. The fourth-order valence-electron chi connectivity index (χ4n) is 3.70. The monoisotopic (exact) mass is 470 g/mol. The second-order valence-corrected chi connectivity index (χ2v) is 10.4. The van der Waals surface area contributed by atoms with Crippen molar-refractivity contribution < 1.29 is 26.0 Å². The Morgan fingerprint density at radius 2 is 1.97 bits per heavy atom. The van der Waals surface area contributed by atoms with Gasteiger partial charge in [0.15, 0.2) is 0 Å². The molecule has 1 atom stereocenters. The number of nitrogens with one attached hydrogen (secondary N) is 1. The molecule has 4 rings (SSSR count). The summed E-state index contributed by atoms with van der Waals surface area (Å²) in [6.45, 7) is 4.17. The molecule has 32 heavy (non-hydrogen) atoms. The lowest BCUT2D eigenvalue weighted by atomic mass is 10.0. The molecule has 0 aliphatic heterocycles. The molecule has 0 spiro atoms. The van der Waals surface area contributed by atoms with Gasteiger partial charge in [-0.15, -0.1) is 0 Å². The van der Waals surface area contributed by atoms with E-state index in [-0.39, 0.29) is 22.4 Å². The summed E-state index contributed by atoms with van der Waals surface area (Å²) in [6, 6.07) is 1.49. The van der Waals surface area contributed by atoms with Crippen molar-refractivity contribution in [1.82, 2.24) is 19.3 Å². The van der Waals surface area contributed by atoms with Gasteiger partial charge in [-0.2, -0.15) is 17.9 Å². The molecule has 6 nitrogen and oxygen atoms in total. The molecule has 0 radical (unpaired) electrons. The molecule has 1 N–H and O–H groups in total. The Hall–Kier alpha value is -2.53. The van der Waals surface area contributed by atoms with E-state index in [2.05, 4.69) is 9.97 Å². The van der Waals surface area contributed by atoms with E-state index in [0.717, 1.165) is 6.07 Å². The molecule has 0 amide bonds. The van der Waals surface area contributed by atoms with Crippen LogP contribution in [-0.4, -0.2) is 34.4 Å². The first-order valence-electron chi connectivity index (χ1n) is 10.1. The van der Waals surface area contributed by atoms with Crippen LogP contribution in [0.25, 0.3) is 22.2 Å². The lowest BCUT2D eigenvalue weighted by molar-refractivity contribution is -0.152. The van der Waals surface area contributed by atoms with Crippen molar-refractivity contribution in [3.8, 4) is 11.3 Å². The predicted molar refractivity (Wildman–Crippen MR) is 112 cm³/mol. The molecule has 1 fully saturated rings. The number of halogens is 4. The van der Waals surface area contributed by atoms with Gasteiger partial charge in [0, 0.05) is 41.0 Å². The number of fused-ring (bicyclic) bond motifs is 1. The van der Waals surface area contributed by atoms with Crippen LogP contribution in [0.4, 0.5) is 17.6 Å². The maximum atomic E-state index is 15.0. The molecular weight excluding hydrogens is 448 g/mol. The van der Waals surface area contributed by atoms with E-state index in [0.29, 0.717) is 30.6 Å². The minimum Gasteiger partial charge on any atom is -0.347 e. The van der Waals surface area contributed by atoms with Crippen LogP contribution < -0.4 is 4.72 Å². The van der Waals surface area contributed by atoms with Gasteiger partial charge in [0.25, 0.3) is 0 Å². The van der Waals surface area contributed by atoms with E-state index in [9.17, 15) is 21.6 Å². The van der Waals surface area contributed by atoms with Gasteiger partial charge in [-0.05, 0) is 37.0 Å². The Morgan fingerprint density at radius 1 is 1.25 bits per heavy atom. The number of hydrogen-bond acceptors (Lipinski definition) is 4. The first-order chi connectivity index (χ1) is 15.0. The summed E-state index contributed by atoms with van der Waals surface area (Å²) < 4.78 is 85.2. The van der Waals surface area contributed by atoms with Crippen LogP contribution in [0.2, 0.25) is 0 Å². The number of sulfonamides is 1. The Bertz CT molecular complexity index is 1240. The van der Waals surface area contributed by atoms with Crippen LogP contribution in [0, 0.1) is 11.7 Å². The molecule has 0 saturated heterocycles. The van der Waals surface area contributed by atoms with Crippen LogP contribution in [0.3, 0.4) is 0 Å². The van der Waals surface area contributed by atoms with E-state index in [1.165, 1.54) is 30.9 Å². The lowest BCUT2D eigenvalue weighted by Gasteiger charge is -2.21. The highest BCUT2D eigenvalue weighted by molar-refractivity contribution is 7.90. The van der Waals surface area contributed by atoms with Gasteiger partial charge < -0.3 is 4.57 Å². The molecule has 172 valence electrons. The molecule has 0 unspecified atom stereocenters. The highest BCUT2D eigenvalue weighted by atomic mass is 32.2. The number of rotatable bonds is 7. The highest BCUT2D eigenvalue weighted by Crippen LogP contribution is 2.41. The number of nitrogens with zero attached hydrogens (tertiary/aromatic N) is 3. The van der Waals surface area contributed by atoms with Gasteiger partial charge in [0.2, 0.25) is 10.0 Å². The zero-order valence-corrected chi connectivity index (χ0v) is 18.2. The van der Waals surface area contributed by atoms with E-state index in [4.69, 9.17) is 0 Å². The number of alkyl halides is 3. The van der Waals surface area contributed by atoms with Gasteiger partial charge in [-0.25, -0.2) is 22.8 Å². The molecular formula is C21H22F4N4O2S. The van der Waals surface area contributed by atoms with Crippen LogP contribution in [0.5, 0.6) is 0 Å². The SMILES string of the molecule is CC(C)Cn1cc([C@H](NS(=O)(=O)C2CC2)C(F)(F)F)c2cc(F)c(-c3ccncn3)cc21. The van der Waals surface area contributed by atoms with Crippen LogP contribution >= 0.6 is 0 Å². The van der Waals surface area contributed by atoms with E-state index < -0.39 is 33.3 Å². The van der Waals surface area contributed by atoms with Crippen molar-refractivity contribution in [1.29, 1.82) is 0 Å². The van der Waals surface area contributed by atoms with Gasteiger partial charge >= 0.3 is 6.18 Å². The van der Waals surface area contributed by atoms with Crippen LogP contribution in [0.1, 0.15) is 38.3 Å². The fourth-order valence-corrected chi connectivity index (χ4v) is 5.24. The quantitative estimate of drug-likeness (QED) is 0.513. The fraction of sp³-hybridized carbons (Fsp3) is 0.429. The summed E-state index contributed by atoms with van der Waals surface area (Å²) in [4.78, 5) is 7.83. The van der Waals surface area contributed by atoms with E-state index in [1.54, 1.807) is 4.57 Å². The Balaban J connectivity index is 1.90. The maximum absolute atomic E-state index is 15.0. The van der Waals surface area contributed by atoms with E-state index >= 15 is 4.39 Å². The molecule has 0 bridgehead atoms. The number of aromatic nitrogens is 3. The average molecular weight is 470 g/mol. The predicted octanol–water partition coefficient (Wildman–Crippen LogP) is 4.58. The van der Waals surface area contributed by atoms with Gasteiger partial charge in [-0.3, -0.25) is 0 Å². The summed E-state index contributed by atoms with van der Waals surface area (Å²) in [5.41, 5.74) is 0.450. The summed E-state index contributed by atoms with van der Waals surface area (Å²) in [7, 11) is -4.15. The molecule has 1 aliphatic carbocycles. The summed E-state index contributed by atoms with van der Waals surface area (Å²) in [5, 5.41) is -0.820. The zero-order valence-electron chi connectivity index (χ0n) is 17.4. The second-order valence-electron chi connectivity index (χ2n) is 8.41. The standard InChI is InChI=1S/C21H22F4N4O2S/c1-12(2)9-29-10-16(20(21(23,24)25)28-32(30,31)13-3-4-13)14-7-17(22)15(8-19(14)29)18-5-6-26-11-27-18/h5-8,10-13,20,28H,3-4,9H2,1-2H3/t20-/m0/s1. The number of hydrogen-bond donors (Lipinski definition) is 1.